The van der Waals surface area contributed by atoms with E-state index in [1.807, 2.05) is 0 Å². The Morgan fingerprint density at radius 1 is 0.905 bits per heavy atom. The number of aliphatic hydroxyl groups excluding tert-OH is 3. The maximum absolute atomic E-state index is 12.8. The quantitative estimate of drug-likeness (QED) is 0.138. The number of phenols is 3. The fourth-order valence-corrected chi connectivity index (χ4v) is 4.41. The van der Waals surface area contributed by atoms with Crippen LogP contribution < -0.4 is 10.2 Å². The molecule has 1 fully saturated rings. The summed E-state index contributed by atoms with van der Waals surface area (Å²) >= 11 is 0. The van der Waals surface area contributed by atoms with Gasteiger partial charge in [-0.1, -0.05) is 12.1 Å². The van der Waals surface area contributed by atoms with Gasteiger partial charge in [-0.2, -0.15) is 0 Å². The maximum Gasteiger partial charge on any atom is 0.331 e. The van der Waals surface area contributed by atoms with Crippen molar-refractivity contribution in [1.82, 2.24) is 0 Å². The van der Waals surface area contributed by atoms with Crippen molar-refractivity contribution in [3.63, 3.8) is 0 Å². The predicted octanol–water partition coefficient (Wildman–Crippen LogP) is 2.02. The van der Waals surface area contributed by atoms with E-state index in [2.05, 4.69) is 0 Å². The van der Waals surface area contributed by atoms with Crippen LogP contribution in [0.25, 0.3) is 28.4 Å². The molecule has 0 aliphatic carbocycles. The summed E-state index contributed by atoms with van der Waals surface area (Å²) in [4.78, 5) is 25.4. The Morgan fingerprint density at radius 3 is 2.24 bits per heavy atom. The Hall–Kier alpha value is -4.88. The highest BCUT2D eigenvalue weighted by Gasteiger charge is 2.48. The molecule has 0 amide bonds. The minimum Gasteiger partial charge on any atom is -0.508 e. The minimum atomic E-state index is -1.74. The molecular formula is C30H26O12. The van der Waals surface area contributed by atoms with Crippen molar-refractivity contribution in [1.29, 1.82) is 0 Å². The van der Waals surface area contributed by atoms with Crippen LogP contribution in [0.5, 0.6) is 23.0 Å². The summed E-state index contributed by atoms with van der Waals surface area (Å²) in [5.74, 6) is -1.33. The highest BCUT2D eigenvalue weighted by molar-refractivity contribution is 5.87. The van der Waals surface area contributed by atoms with Crippen molar-refractivity contribution in [2.45, 2.75) is 30.7 Å². The van der Waals surface area contributed by atoms with Gasteiger partial charge in [-0.15, -0.1) is 0 Å². The van der Waals surface area contributed by atoms with Gasteiger partial charge in [0.2, 0.25) is 6.29 Å². The van der Waals surface area contributed by atoms with Crippen LogP contribution in [0.15, 0.2) is 82.0 Å². The summed E-state index contributed by atoms with van der Waals surface area (Å²) in [5.41, 5.74) is 0.422. The molecular weight excluding hydrogens is 552 g/mol. The van der Waals surface area contributed by atoms with Crippen LogP contribution in [0, 0.1) is 0 Å². The molecule has 1 aliphatic heterocycles. The van der Waals surface area contributed by atoms with E-state index < -0.39 is 54.5 Å². The average Bonchev–Trinajstić information content (AvgIpc) is 2.96. The van der Waals surface area contributed by atoms with E-state index in [0.29, 0.717) is 11.1 Å². The number of benzene rings is 3. The molecule has 218 valence electrons. The topological polar surface area (TPSA) is 196 Å². The number of esters is 1. The summed E-state index contributed by atoms with van der Waals surface area (Å²) in [6, 6.07) is 15.4. The van der Waals surface area contributed by atoms with Crippen molar-refractivity contribution in [3.05, 3.63) is 88.6 Å². The smallest absolute Gasteiger partial charge is 0.331 e. The van der Waals surface area contributed by atoms with E-state index in [1.54, 1.807) is 12.1 Å². The molecule has 42 heavy (non-hydrogen) atoms. The predicted molar refractivity (Wildman–Crippen MR) is 147 cm³/mol. The first-order valence-electron chi connectivity index (χ1n) is 12.7. The Kier molecular flexibility index (Phi) is 8.13. The Bertz CT molecular complexity index is 1660. The lowest BCUT2D eigenvalue weighted by atomic mass is 9.99. The molecule has 12 heteroatoms. The van der Waals surface area contributed by atoms with Gasteiger partial charge in [-0.3, -0.25) is 4.79 Å². The third-order valence-corrected chi connectivity index (χ3v) is 6.57. The van der Waals surface area contributed by atoms with Gasteiger partial charge in [0.05, 0.1) is 6.61 Å². The van der Waals surface area contributed by atoms with Gasteiger partial charge >= 0.3 is 5.97 Å². The van der Waals surface area contributed by atoms with Crippen molar-refractivity contribution in [3.8, 4) is 34.3 Å². The number of carbonyl (C=O) groups excluding carboxylic acids is 1. The van der Waals surface area contributed by atoms with Gasteiger partial charge in [0.1, 0.15) is 58.0 Å². The zero-order valence-corrected chi connectivity index (χ0v) is 21.7. The van der Waals surface area contributed by atoms with Crippen molar-refractivity contribution in [2.75, 3.05) is 6.61 Å². The first-order chi connectivity index (χ1) is 20.1. The molecule has 0 saturated carbocycles. The van der Waals surface area contributed by atoms with E-state index in [9.17, 15) is 40.2 Å². The Labute approximate surface area is 237 Å². The van der Waals surface area contributed by atoms with Crippen molar-refractivity contribution >= 4 is 23.0 Å². The summed E-state index contributed by atoms with van der Waals surface area (Å²) in [7, 11) is 0. The molecule has 1 aliphatic rings. The molecule has 5 rings (SSSR count). The summed E-state index contributed by atoms with van der Waals surface area (Å²) in [5, 5.41) is 60.2. The number of fused-ring (bicyclic) bond motifs is 1. The molecule has 6 N–H and O–H groups in total. The molecule has 0 bridgehead atoms. The van der Waals surface area contributed by atoms with Gasteiger partial charge in [-0.05, 0) is 48.0 Å². The van der Waals surface area contributed by atoms with Gasteiger partial charge in [0.25, 0.3) is 0 Å². The van der Waals surface area contributed by atoms with Crippen LogP contribution in [-0.2, 0) is 14.3 Å². The number of carbonyl (C=O) groups is 1. The van der Waals surface area contributed by atoms with Crippen LogP contribution in [0.4, 0.5) is 0 Å². The first-order valence-corrected chi connectivity index (χ1v) is 12.7. The molecule has 5 atom stereocenters. The average molecular weight is 579 g/mol. The van der Waals surface area contributed by atoms with E-state index in [4.69, 9.17) is 18.6 Å². The molecule has 0 spiro atoms. The second-order valence-corrected chi connectivity index (χ2v) is 9.49. The largest absolute Gasteiger partial charge is 0.508 e. The zero-order chi connectivity index (χ0) is 30.0. The first kappa shape index (κ1) is 28.6. The highest BCUT2D eigenvalue weighted by atomic mass is 16.7. The Balaban J connectivity index is 1.43. The monoisotopic (exact) mass is 578 g/mol. The molecule has 2 heterocycles. The van der Waals surface area contributed by atoms with Crippen molar-refractivity contribution in [2.24, 2.45) is 0 Å². The number of aliphatic hydroxyl groups is 3. The van der Waals surface area contributed by atoms with Gasteiger partial charge in [-0.25, -0.2) is 4.79 Å². The van der Waals surface area contributed by atoms with Crippen LogP contribution >= 0.6 is 0 Å². The van der Waals surface area contributed by atoms with Gasteiger partial charge in [0.15, 0.2) is 11.5 Å². The number of hydrogen-bond acceptors (Lipinski definition) is 12. The fourth-order valence-electron chi connectivity index (χ4n) is 4.41. The lowest BCUT2D eigenvalue weighted by molar-refractivity contribution is -0.281. The van der Waals surface area contributed by atoms with E-state index in [1.165, 1.54) is 54.6 Å². The van der Waals surface area contributed by atoms with Crippen molar-refractivity contribution < 1.29 is 54.1 Å². The van der Waals surface area contributed by atoms with Crippen LogP contribution in [0.3, 0.4) is 0 Å². The fraction of sp³-hybridized carbons (Fsp3) is 0.200. The van der Waals surface area contributed by atoms with E-state index in [0.717, 1.165) is 12.1 Å². The molecule has 4 aromatic rings. The molecule has 1 aromatic heterocycles. The zero-order valence-electron chi connectivity index (χ0n) is 21.7. The van der Waals surface area contributed by atoms with Crippen LogP contribution in [-0.4, -0.2) is 73.9 Å². The molecule has 3 aromatic carbocycles. The summed E-state index contributed by atoms with van der Waals surface area (Å²) in [6.45, 7) is -0.701. The highest BCUT2D eigenvalue weighted by Crippen LogP contribution is 2.34. The van der Waals surface area contributed by atoms with Gasteiger partial charge < -0.3 is 49.3 Å². The molecule has 12 nitrogen and oxygen atoms in total. The maximum atomic E-state index is 12.8. The second-order valence-electron chi connectivity index (χ2n) is 9.49. The summed E-state index contributed by atoms with van der Waals surface area (Å²) in [6.07, 6.45) is -5.38. The molecule has 1 saturated heterocycles. The third kappa shape index (κ3) is 6.06. The Morgan fingerprint density at radius 2 is 1.57 bits per heavy atom. The standard InChI is InChI=1S/C30H26O12/c31-14-24-27(37)28(38)29(42-25(36)10-3-15-1-6-17(32)7-2-15)30(41-24)39-19-11-20(34)26-21(35)13-22(40-23(26)12-19)16-4-8-18(33)9-5-16/h1-13,24,27-34,37-38H,14H2/b10-3+/t24?,27-,28+,29?,30-/m1/s1. The molecule has 0 radical (unpaired) electrons. The number of hydrogen-bond donors (Lipinski definition) is 6. The molecule has 2 unspecified atom stereocenters. The number of aromatic hydroxyl groups is 3. The SMILES string of the molecule is O=C(/C=C/c1ccc(O)cc1)OC1[C@H](Oc2cc(O)c3c(=O)cc(-c4ccc(O)cc4)oc3c2)OC(CO)[C@@H](O)[C@@H]1O. The van der Waals surface area contributed by atoms with E-state index >= 15 is 0 Å². The van der Waals surface area contributed by atoms with E-state index in [-0.39, 0.29) is 34.0 Å². The number of rotatable bonds is 7. The van der Waals surface area contributed by atoms with Gasteiger partial charge in [0, 0.05) is 29.8 Å². The van der Waals surface area contributed by atoms with Crippen LogP contribution in [0.2, 0.25) is 0 Å². The number of ether oxygens (including phenoxy) is 3. The third-order valence-electron chi connectivity index (χ3n) is 6.57. The lowest BCUT2D eigenvalue weighted by Crippen LogP contribution is -2.61. The normalized spacial score (nSPS) is 22.3. The minimum absolute atomic E-state index is 0.0160. The lowest BCUT2D eigenvalue weighted by Gasteiger charge is -2.41. The van der Waals surface area contributed by atoms with Crippen LogP contribution in [0.1, 0.15) is 5.56 Å². The number of phenolic OH excluding ortho intramolecular Hbond substituents is 3. The summed E-state index contributed by atoms with van der Waals surface area (Å²) < 4.78 is 22.6. The second kappa shape index (κ2) is 11.9.